The van der Waals surface area contributed by atoms with Gasteiger partial charge in [-0.3, -0.25) is 4.79 Å². The lowest BCUT2D eigenvalue weighted by atomic mass is 9.77. The second kappa shape index (κ2) is 4.92. The molecule has 1 N–H and O–H groups in total. The van der Waals surface area contributed by atoms with Crippen LogP contribution in [0, 0.1) is 0 Å². The van der Waals surface area contributed by atoms with Crippen LogP contribution in [0.4, 0.5) is 0 Å². The maximum atomic E-state index is 12.1. The van der Waals surface area contributed by atoms with E-state index < -0.39 is 11.1 Å². The number of piperidine rings is 1. The van der Waals surface area contributed by atoms with Gasteiger partial charge in [-0.25, -0.2) is 0 Å². The normalized spacial score (nSPS) is 37.0. The molecular weight excluding hydrogens is 324 g/mol. The molecule has 1 saturated heterocycles. The molecule has 1 aromatic rings. The lowest BCUT2D eigenvalue weighted by molar-refractivity contribution is -0.0780. The van der Waals surface area contributed by atoms with Gasteiger partial charge in [-0.05, 0) is 37.6 Å². The Morgan fingerprint density at radius 1 is 1.55 bits per heavy atom. The Labute approximate surface area is 136 Å². The molecule has 0 aliphatic carbocycles. The molecule has 0 aromatic carbocycles. The maximum absolute atomic E-state index is 12.1. The number of nitrogens with zero attached hydrogens (tertiary/aromatic N) is 3. The van der Waals surface area contributed by atoms with Crippen molar-refractivity contribution < 1.29 is 9.53 Å². The number of Topliss-reactive ketones (excluding diaryl/α,β-unsaturated/α-hetero) is 1. The van der Waals surface area contributed by atoms with E-state index in [1.807, 2.05) is 6.92 Å². The summed E-state index contributed by atoms with van der Waals surface area (Å²) in [6.45, 7) is 2.89. The Morgan fingerprint density at radius 2 is 2.41 bits per heavy atom. The first-order valence-electron chi connectivity index (χ1n) is 7.19. The van der Waals surface area contributed by atoms with Gasteiger partial charge in [0.15, 0.2) is 5.78 Å². The molecule has 3 aliphatic rings. The minimum atomic E-state index is -0.473. The number of carbonyl (C=O) groups is 1. The first-order valence-corrected chi connectivity index (χ1v) is 8.39. The Kier molecular flexibility index (Phi) is 3.23. The predicted molar refractivity (Wildman–Crippen MR) is 84.1 cm³/mol. The van der Waals surface area contributed by atoms with E-state index in [2.05, 4.69) is 20.8 Å². The van der Waals surface area contributed by atoms with Crippen molar-refractivity contribution in [1.82, 2.24) is 5.32 Å². The summed E-state index contributed by atoms with van der Waals surface area (Å²) in [6.07, 6.45) is 3.29. The molecule has 0 radical (unpaired) electrons. The van der Waals surface area contributed by atoms with Crippen LogP contribution in [0.2, 0.25) is 4.34 Å². The molecule has 3 atom stereocenters. The quantitative estimate of drug-likeness (QED) is 0.855. The number of nitrogens with one attached hydrogen (secondary N) is 1. The van der Waals surface area contributed by atoms with E-state index in [9.17, 15) is 4.79 Å². The maximum Gasteiger partial charge on any atom is 0.189 e. The number of halogens is 1. The molecule has 1 spiro atoms. The molecule has 0 bridgehead atoms. The molecule has 4 rings (SSSR count). The highest BCUT2D eigenvalue weighted by molar-refractivity contribution is 7.16. The number of thiophene rings is 1. The molecule has 1 fully saturated rings. The highest BCUT2D eigenvalue weighted by Crippen LogP contribution is 2.47. The van der Waals surface area contributed by atoms with Crippen LogP contribution in [-0.2, 0) is 10.3 Å². The van der Waals surface area contributed by atoms with E-state index >= 15 is 0 Å². The summed E-state index contributed by atoms with van der Waals surface area (Å²) in [6, 6.07) is 1.82. The van der Waals surface area contributed by atoms with Crippen molar-refractivity contribution in [2.45, 2.75) is 36.9 Å². The molecule has 0 saturated carbocycles. The van der Waals surface area contributed by atoms with E-state index in [0.717, 1.165) is 17.8 Å². The van der Waals surface area contributed by atoms with Crippen molar-refractivity contribution in [1.29, 1.82) is 0 Å². The Morgan fingerprint density at radius 3 is 3.18 bits per heavy atom. The molecule has 4 heterocycles. The van der Waals surface area contributed by atoms with Crippen molar-refractivity contribution in [2.24, 2.45) is 15.4 Å². The fourth-order valence-electron chi connectivity index (χ4n) is 3.41. The van der Waals surface area contributed by atoms with Crippen molar-refractivity contribution in [3.63, 3.8) is 0 Å². The summed E-state index contributed by atoms with van der Waals surface area (Å²) >= 11 is 7.60. The number of hydrogen-bond acceptors (Lipinski definition) is 7. The van der Waals surface area contributed by atoms with Crippen LogP contribution in [0.15, 0.2) is 21.5 Å². The van der Waals surface area contributed by atoms with E-state index in [1.165, 1.54) is 11.3 Å². The number of ketones is 1. The second-order valence-electron chi connectivity index (χ2n) is 6.12. The lowest BCUT2D eigenvalue weighted by Gasteiger charge is -2.45. The van der Waals surface area contributed by atoms with Crippen molar-refractivity contribution in [3.8, 4) is 0 Å². The van der Waals surface area contributed by atoms with Gasteiger partial charge in [0, 0.05) is 16.5 Å². The fourth-order valence-corrected chi connectivity index (χ4v) is 4.83. The first kappa shape index (κ1) is 14.4. The molecule has 1 aromatic heterocycles. The van der Waals surface area contributed by atoms with Gasteiger partial charge in [0.2, 0.25) is 0 Å². The smallest absolute Gasteiger partial charge is 0.189 e. The molecule has 1 unspecified atom stereocenters. The van der Waals surface area contributed by atoms with Crippen molar-refractivity contribution in [3.05, 3.63) is 20.8 Å². The Hall–Kier alpha value is -1.15. The van der Waals surface area contributed by atoms with Crippen LogP contribution in [-0.4, -0.2) is 36.7 Å². The third kappa shape index (κ3) is 2.07. The van der Waals surface area contributed by atoms with Gasteiger partial charge < -0.3 is 10.1 Å². The monoisotopic (exact) mass is 338 g/mol. The van der Waals surface area contributed by atoms with Gasteiger partial charge in [-0.1, -0.05) is 11.6 Å². The zero-order chi connectivity index (χ0) is 15.4. The SMILES string of the molecule is CC1([C@@H]2C[C@]3(CCN2)OCC(=O)c2cc(Cl)sc23)C=NN=N1. The van der Waals surface area contributed by atoms with E-state index in [0.29, 0.717) is 16.3 Å². The average molecular weight is 339 g/mol. The minimum Gasteiger partial charge on any atom is -0.361 e. The topological polar surface area (TPSA) is 75.4 Å². The largest absolute Gasteiger partial charge is 0.361 e. The third-order valence-electron chi connectivity index (χ3n) is 4.69. The van der Waals surface area contributed by atoms with Gasteiger partial charge in [0.05, 0.1) is 10.6 Å². The zero-order valence-electron chi connectivity index (χ0n) is 12.0. The number of ether oxygens (including phenoxy) is 1. The highest BCUT2D eigenvalue weighted by Gasteiger charge is 2.50. The van der Waals surface area contributed by atoms with E-state index in [4.69, 9.17) is 16.3 Å². The average Bonchev–Trinajstić information content (AvgIpc) is 3.12. The number of hydrogen-bond donors (Lipinski definition) is 1. The molecule has 22 heavy (non-hydrogen) atoms. The van der Waals surface area contributed by atoms with Gasteiger partial charge in [-0.2, -0.15) is 5.11 Å². The Bertz CT molecular complexity index is 689. The molecule has 116 valence electrons. The van der Waals surface area contributed by atoms with Gasteiger partial charge in [-0.15, -0.1) is 16.4 Å². The molecule has 8 heteroatoms. The highest BCUT2D eigenvalue weighted by atomic mass is 35.5. The van der Waals surface area contributed by atoms with Crippen LogP contribution < -0.4 is 5.32 Å². The van der Waals surface area contributed by atoms with E-state index in [1.54, 1.807) is 12.3 Å². The summed E-state index contributed by atoms with van der Waals surface area (Å²) in [5.74, 6) is 0.00665. The minimum absolute atomic E-state index is 0.00665. The summed E-state index contributed by atoms with van der Waals surface area (Å²) in [4.78, 5) is 13.0. The first-order chi connectivity index (χ1) is 10.5. The third-order valence-corrected chi connectivity index (χ3v) is 6.14. The zero-order valence-corrected chi connectivity index (χ0v) is 13.6. The van der Waals surface area contributed by atoms with Gasteiger partial charge >= 0.3 is 0 Å². The predicted octanol–water partition coefficient (Wildman–Crippen LogP) is 2.77. The Balaban J connectivity index is 1.72. The van der Waals surface area contributed by atoms with Crippen LogP contribution in [0.1, 0.15) is 35.0 Å². The molecule has 6 nitrogen and oxygen atoms in total. The fraction of sp³-hybridized carbons (Fsp3) is 0.571. The summed E-state index contributed by atoms with van der Waals surface area (Å²) in [5.41, 5.74) is -0.223. The van der Waals surface area contributed by atoms with Crippen LogP contribution >= 0.6 is 22.9 Å². The van der Waals surface area contributed by atoms with Crippen LogP contribution in [0.5, 0.6) is 0 Å². The number of fused-ring (bicyclic) bond motifs is 2. The van der Waals surface area contributed by atoms with Gasteiger partial charge in [0.25, 0.3) is 0 Å². The number of carbonyl (C=O) groups excluding carboxylic acids is 1. The van der Waals surface area contributed by atoms with E-state index in [-0.39, 0.29) is 18.4 Å². The summed E-state index contributed by atoms with van der Waals surface area (Å²) in [7, 11) is 0. The van der Waals surface area contributed by atoms with Crippen LogP contribution in [0.3, 0.4) is 0 Å². The molecular formula is C14H15ClN4O2S. The van der Waals surface area contributed by atoms with Crippen LogP contribution in [0.25, 0.3) is 0 Å². The van der Waals surface area contributed by atoms with Crippen molar-refractivity contribution >= 4 is 34.9 Å². The summed E-state index contributed by atoms with van der Waals surface area (Å²) < 4.78 is 6.67. The van der Waals surface area contributed by atoms with Gasteiger partial charge in [0.1, 0.15) is 17.7 Å². The number of rotatable bonds is 1. The standard InChI is InChI=1S/C14H15ClN4O2S/c1-13(7-17-19-18-13)10-5-14(2-3-16-10)12-8(4-11(15)22-12)9(20)6-21-14/h4,7,10,16H,2-3,5-6H2,1H3/t10-,13?,14-/m0/s1. The summed E-state index contributed by atoms with van der Waals surface area (Å²) in [5, 5.41) is 15.4. The molecule has 0 amide bonds. The van der Waals surface area contributed by atoms with Crippen molar-refractivity contribution in [2.75, 3.05) is 13.2 Å². The second-order valence-corrected chi connectivity index (χ2v) is 7.80. The lowest BCUT2D eigenvalue weighted by Crippen LogP contribution is -2.57. The molecule has 3 aliphatic heterocycles.